The van der Waals surface area contributed by atoms with Crippen LogP contribution in [-0.2, 0) is 17.8 Å². The van der Waals surface area contributed by atoms with E-state index in [-0.39, 0.29) is 5.92 Å². The van der Waals surface area contributed by atoms with Crippen molar-refractivity contribution in [1.82, 2.24) is 9.78 Å². The molecule has 0 unspecified atom stereocenters. The molecule has 1 aliphatic carbocycles. The van der Waals surface area contributed by atoms with E-state index in [1.54, 1.807) is 0 Å². The lowest BCUT2D eigenvalue weighted by molar-refractivity contribution is -0.123. The van der Waals surface area contributed by atoms with Gasteiger partial charge in [0.2, 0.25) is 0 Å². The third-order valence-electron chi connectivity index (χ3n) is 4.18. The Morgan fingerprint density at radius 3 is 2.67 bits per heavy atom. The molecular weight excluding hydrogens is 224 g/mol. The van der Waals surface area contributed by atoms with Gasteiger partial charge in [0.1, 0.15) is 5.78 Å². The molecule has 0 N–H and O–H groups in total. The van der Waals surface area contributed by atoms with E-state index in [4.69, 9.17) is 0 Å². The second-order valence-corrected chi connectivity index (χ2v) is 6.29. The molecule has 0 saturated heterocycles. The number of aromatic nitrogens is 2. The van der Waals surface area contributed by atoms with Gasteiger partial charge in [-0.05, 0) is 43.6 Å². The van der Waals surface area contributed by atoms with Crippen molar-refractivity contribution in [3.8, 4) is 0 Å². The zero-order valence-corrected chi connectivity index (χ0v) is 11.8. The van der Waals surface area contributed by atoms with Crippen molar-refractivity contribution in [3.05, 3.63) is 18.0 Å². The van der Waals surface area contributed by atoms with Crippen LogP contribution in [0.4, 0.5) is 0 Å². The quantitative estimate of drug-likeness (QED) is 0.820. The van der Waals surface area contributed by atoms with Gasteiger partial charge in [0.05, 0.1) is 6.20 Å². The number of aryl methyl sites for hydroxylation is 1. The highest BCUT2D eigenvalue weighted by molar-refractivity contribution is 5.83. The fraction of sp³-hybridized carbons (Fsp3) is 0.733. The van der Waals surface area contributed by atoms with Gasteiger partial charge in [-0.1, -0.05) is 13.8 Å². The lowest BCUT2D eigenvalue weighted by Gasteiger charge is -2.33. The van der Waals surface area contributed by atoms with Crippen molar-refractivity contribution < 1.29 is 4.79 Å². The van der Waals surface area contributed by atoms with Gasteiger partial charge in [-0.3, -0.25) is 9.48 Å². The fourth-order valence-corrected chi connectivity index (χ4v) is 2.74. The highest BCUT2D eigenvalue weighted by Crippen LogP contribution is 2.38. The monoisotopic (exact) mass is 248 g/mol. The molecule has 3 heteroatoms. The van der Waals surface area contributed by atoms with Crippen LogP contribution in [-0.4, -0.2) is 15.6 Å². The van der Waals surface area contributed by atoms with E-state index in [1.165, 1.54) is 12.8 Å². The number of carbonyl (C=O) groups is 1. The van der Waals surface area contributed by atoms with Crippen molar-refractivity contribution in [3.63, 3.8) is 0 Å². The van der Waals surface area contributed by atoms with Crippen LogP contribution in [0.5, 0.6) is 0 Å². The predicted molar refractivity (Wildman–Crippen MR) is 72.4 cm³/mol. The van der Waals surface area contributed by atoms with Crippen molar-refractivity contribution in [2.75, 3.05) is 0 Å². The molecule has 0 spiro atoms. The van der Waals surface area contributed by atoms with Crippen LogP contribution in [0.3, 0.4) is 0 Å². The second kappa shape index (κ2) is 5.25. The third-order valence-corrected chi connectivity index (χ3v) is 4.18. The molecule has 1 saturated carbocycles. The molecule has 0 aromatic carbocycles. The van der Waals surface area contributed by atoms with Gasteiger partial charge in [-0.15, -0.1) is 0 Å². The van der Waals surface area contributed by atoms with Crippen molar-refractivity contribution in [2.24, 2.45) is 11.3 Å². The summed E-state index contributed by atoms with van der Waals surface area (Å²) in [5.74, 6) is 0.684. The molecule has 2 rings (SSSR count). The van der Waals surface area contributed by atoms with E-state index >= 15 is 0 Å². The highest BCUT2D eigenvalue weighted by Gasteiger charge is 2.30. The molecule has 18 heavy (non-hydrogen) atoms. The molecule has 0 bridgehead atoms. The number of ketones is 1. The molecule has 0 radical (unpaired) electrons. The zero-order chi connectivity index (χ0) is 13.2. The maximum Gasteiger partial charge on any atom is 0.140 e. The van der Waals surface area contributed by atoms with E-state index < -0.39 is 0 Å². The average molecular weight is 248 g/mol. The van der Waals surface area contributed by atoms with Crippen LogP contribution in [0, 0.1) is 11.3 Å². The number of nitrogens with zero attached hydrogens (tertiary/aromatic N) is 2. The number of rotatable bonds is 4. The molecule has 0 aliphatic heterocycles. The smallest absolute Gasteiger partial charge is 0.140 e. The molecule has 1 heterocycles. The van der Waals surface area contributed by atoms with Crippen molar-refractivity contribution in [1.29, 1.82) is 0 Å². The SMILES string of the molecule is CCn1cc(CC(=O)C2CCC(C)(C)CC2)cn1. The van der Waals surface area contributed by atoms with Crippen LogP contribution >= 0.6 is 0 Å². The summed E-state index contributed by atoms with van der Waals surface area (Å²) < 4.78 is 1.88. The summed E-state index contributed by atoms with van der Waals surface area (Å²) in [4.78, 5) is 12.2. The summed E-state index contributed by atoms with van der Waals surface area (Å²) in [5, 5.41) is 4.22. The van der Waals surface area contributed by atoms with E-state index in [0.29, 0.717) is 17.6 Å². The van der Waals surface area contributed by atoms with Crippen LogP contribution in [0.25, 0.3) is 0 Å². The molecule has 1 aromatic rings. The highest BCUT2D eigenvalue weighted by atomic mass is 16.1. The molecule has 0 atom stereocenters. The van der Waals surface area contributed by atoms with Crippen molar-refractivity contribution >= 4 is 5.78 Å². The summed E-state index contributed by atoms with van der Waals surface area (Å²) in [6.07, 6.45) is 8.86. The lowest BCUT2D eigenvalue weighted by Crippen LogP contribution is -2.27. The van der Waals surface area contributed by atoms with E-state index in [2.05, 4.69) is 25.9 Å². The lowest BCUT2D eigenvalue weighted by atomic mass is 9.71. The first-order chi connectivity index (χ1) is 8.50. The first-order valence-corrected chi connectivity index (χ1v) is 7.04. The van der Waals surface area contributed by atoms with E-state index in [0.717, 1.165) is 24.9 Å². The second-order valence-electron chi connectivity index (χ2n) is 6.29. The van der Waals surface area contributed by atoms with E-state index in [1.807, 2.05) is 17.1 Å². The fourth-order valence-electron chi connectivity index (χ4n) is 2.74. The largest absolute Gasteiger partial charge is 0.299 e. The molecule has 100 valence electrons. The van der Waals surface area contributed by atoms with Gasteiger partial charge in [0.15, 0.2) is 0 Å². The number of hydrogen-bond acceptors (Lipinski definition) is 2. The minimum Gasteiger partial charge on any atom is -0.299 e. The van der Waals surface area contributed by atoms with Crippen LogP contribution in [0.15, 0.2) is 12.4 Å². The molecule has 0 amide bonds. The first kappa shape index (κ1) is 13.3. The van der Waals surface area contributed by atoms with Crippen molar-refractivity contribution in [2.45, 2.75) is 59.4 Å². The van der Waals surface area contributed by atoms with Gasteiger partial charge >= 0.3 is 0 Å². The van der Waals surface area contributed by atoms with Gasteiger partial charge in [-0.25, -0.2) is 0 Å². The third kappa shape index (κ3) is 3.21. The minimum absolute atomic E-state index is 0.281. The van der Waals surface area contributed by atoms with Gasteiger partial charge in [0, 0.05) is 25.1 Å². The predicted octanol–water partition coefficient (Wildman–Crippen LogP) is 3.23. The Labute approximate surface area is 110 Å². The Hall–Kier alpha value is -1.12. The van der Waals surface area contributed by atoms with Gasteiger partial charge in [0.25, 0.3) is 0 Å². The normalized spacial score (nSPS) is 19.9. The summed E-state index contributed by atoms with van der Waals surface area (Å²) in [6.45, 7) is 7.53. The first-order valence-electron chi connectivity index (χ1n) is 7.04. The van der Waals surface area contributed by atoms with E-state index in [9.17, 15) is 4.79 Å². The molecular formula is C15H24N2O. The Morgan fingerprint density at radius 1 is 1.44 bits per heavy atom. The molecule has 1 aliphatic rings. The molecule has 1 aromatic heterocycles. The summed E-state index contributed by atoms with van der Waals surface area (Å²) in [7, 11) is 0. The van der Waals surface area contributed by atoms with Crippen LogP contribution < -0.4 is 0 Å². The maximum atomic E-state index is 12.2. The Kier molecular flexibility index (Phi) is 3.88. The number of carbonyl (C=O) groups excluding carboxylic acids is 1. The van der Waals surface area contributed by atoms with Gasteiger partial charge < -0.3 is 0 Å². The Bertz CT molecular complexity index is 410. The summed E-state index contributed by atoms with van der Waals surface area (Å²) >= 11 is 0. The standard InChI is InChI=1S/C15H24N2O/c1-4-17-11-12(10-16-17)9-14(18)13-5-7-15(2,3)8-6-13/h10-11,13H,4-9H2,1-3H3. The summed E-state index contributed by atoms with van der Waals surface area (Å²) in [5.41, 5.74) is 1.50. The average Bonchev–Trinajstić information content (AvgIpc) is 2.76. The maximum absolute atomic E-state index is 12.2. The number of Topliss-reactive ketones (excluding diaryl/α,β-unsaturated/α-hetero) is 1. The molecule has 1 fully saturated rings. The summed E-state index contributed by atoms with van der Waals surface area (Å²) in [6, 6.07) is 0. The zero-order valence-electron chi connectivity index (χ0n) is 11.8. The topological polar surface area (TPSA) is 34.9 Å². The minimum atomic E-state index is 0.281. The Balaban J connectivity index is 1.89. The molecule has 3 nitrogen and oxygen atoms in total. The van der Waals surface area contributed by atoms with Gasteiger partial charge in [-0.2, -0.15) is 5.10 Å². The Morgan fingerprint density at radius 2 is 2.11 bits per heavy atom. The van der Waals surface area contributed by atoms with Crippen LogP contribution in [0.2, 0.25) is 0 Å². The number of hydrogen-bond donors (Lipinski definition) is 0. The van der Waals surface area contributed by atoms with Crippen LogP contribution in [0.1, 0.15) is 52.0 Å².